The summed E-state index contributed by atoms with van der Waals surface area (Å²) in [5.74, 6) is 1.27. The minimum atomic E-state index is -0.181. The molecule has 0 aliphatic heterocycles. The fourth-order valence-electron chi connectivity index (χ4n) is 2.94. The van der Waals surface area contributed by atoms with Gasteiger partial charge >= 0.3 is 0 Å². The molecule has 0 unspecified atom stereocenters. The number of rotatable bonds is 5. The molecule has 4 aromatic rings. The van der Waals surface area contributed by atoms with Crippen molar-refractivity contribution >= 4 is 38.4 Å². The molecule has 7 heteroatoms. The first kappa shape index (κ1) is 19.7. The van der Waals surface area contributed by atoms with Crippen LogP contribution in [0.5, 0.6) is 23.0 Å². The number of phenols is 1. The topological polar surface area (TPSA) is 80.7 Å². The van der Waals surface area contributed by atoms with Crippen molar-refractivity contribution in [2.75, 3.05) is 12.4 Å². The van der Waals surface area contributed by atoms with Crippen LogP contribution in [-0.4, -0.2) is 23.1 Å². The predicted octanol–water partition coefficient (Wildman–Crippen LogP) is 5.76. The number of phenolic OH excluding ortho intramolecular Hbond substituents is 1. The number of fused-ring (bicyclic) bond motifs is 1. The first-order valence-corrected chi connectivity index (χ1v) is 9.84. The number of halogens is 1. The molecule has 1 amide bonds. The van der Waals surface area contributed by atoms with Gasteiger partial charge in [-0.25, -0.2) is 0 Å². The maximum atomic E-state index is 12.3. The molecule has 0 atom stereocenters. The van der Waals surface area contributed by atoms with Crippen LogP contribution in [0.4, 0.5) is 5.69 Å². The second kappa shape index (κ2) is 8.42. The number of carbonyl (C=O) groups excluding carboxylic acids is 1. The zero-order valence-corrected chi connectivity index (χ0v) is 17.5. The van der Waals surface area contributed by atoms with Gasteiger partial charge in [-0.15, -0.1) is 0 Å². The van der Waals surface area contributed by atoms with E-state index in [0.717, 1.165) is 0 Å². The Morgan fingerprint density at radius 1 is 1.07 bits per heavy atom. The summed E-state index contributed by atoms with van der Waals surface area (Å²) in [6.45, 7) is 0. The van der Waals surface area contributed by atoms with Gasteiger partial charge in [-0.1, -0.05) is 18.2 Å². The largest absolute Gasteiger partial charge is 0.504 e. The monoisotopic (exact) mass is 464 g/mol. The third-order valence-corrected chi connectivity index (χ3v) is 5.01. The molecule has 150 valence electrons. The number of ether oxygens (including phenoxy) is 2. The van der Waals surface area contributed by atoms with Crippen LogP contribution in [0.15, 0.2) is 77.4 Å². The average Bonchev–Trinajstić information content (AvgIpc) is 2.77. The standard InChI is InChI=1S/C23H17BrN2O4/c1-29-21-11-17-19(12-20(21)27)25-13-18(24)22(17)30-16-9-7-15(8-10-16)26-23(28)14-5-3-2-4-6-14/h2-13,27H,1H3,(H,26,28). The number of carbonyl (C=O) groups is 1. The van der Waals surface area contributed by atoms with Gasteiger partial charge < -0.3 is 19.9 Å². The van der Waals surface area contributed by atoms with E-state index in [2.05, 4.69) is 26.2 Å². The molecule has 0 bridgehead atoms. The Morgan fingerprint density at radius 3 is 2.50 bits per heavy atom. The fourth-order valence-corrected chi connectivity index (χ4v) is 3.34. The molecule has 0 aliphatic rings. The van der Waals surface area contributed by atoms with E-state index in [9.17, 15) is 9.90 Å². The molecule has 4 rings (SSSR count). The van der Waals surface area contributed by atoms with E-state index in [1.807, 2.05) is 18.2 Å². The van der Waals surface area contributed by atoms with Gasteiger partial charge in [0.2, 0.25) is 0 Å². The van der Waals surface area contributed by atoms with Crippen molar-refractivity contribution in [3.8, 4) is 23.0 Å². The van der Waals surface area contributed by atoms with Gasteiger partial charge in [0, 0.05) is 28.9 Å². The Morgan fingerprint density at radius 2 is 1.80 bits per heavy atom. The third kappa shape index (κ3) is 4.06. The zero-order valence-electron chi connectivity index (χ0n) is 15.9. The number of aromatic nitrogens is 1. The Kier molecular flexibility index (Phi) is 5.54. The fraction of sp³-hybridized carbons (Fsp3) is 0.0435. The van der Waals surface area contributed by atoms with E-state index in [1.165, 1.54) is 13.2 Å². The van der Waals surface area contributed by atoms with E-state index < -0.39 is 0 Å². The van der Waals surface area contributed by atoms with E-state index in [0.29, 0.717) is 43.9 Å². The number of benzene rings is 3. The third-order valence-electron chi connectivity index (χ3n) is 4.44. The second-order valence-corrected chi connectivity index (χ2v) is 7.28. The highest BCUT2D eigenvalue weighted by atomic mass is 79.9. The molecule has 1 heterocycles. The minimum absolute atomic E-state index is 0.00397. The van der Waals surface area contributed by atoms with Gasteiger partial charge in [-0.2, -0.15) is 0 Å². The molecule has 3 aromatic carbocycles. The molecule has 0 saturated carbocycles. The van der Waals surface area contributed by atoms with Crippen LogP contribution in [0.3, 0.4) is 0 Å². The highest BCUT2D eigenvalue weighted by Crippen LogP contribution is 2.40. The van der Waals surface area contributed by atoms with Crippen molar-refractivity contribution in [3.63, 3.8) is 0 Å². The smallest absolute Gasteiger partial charge is 0.255 e. The summed E-state index contributed by atoms with van der Waals surface area (Å²) in [4.78, 5) is 16.6. The van der Waals surface area contributed by atoms with Crippen LogP contribution in [0.2, 0.25) is 0 Å². The summed E-state index contributed by atoms with van der Waals surface area (Å²) in [5.41, 5.74) is 1.81. The summed E-state index contributed by atoms with van der Waals surface area (Å²) >= 11 is 3.47. The number of amides is 1. The van der Waals surface area contributed by atoms with E-state index in [-0.39, 0.29) is 11.7 Å². The first-order chi connectivity index (χ1) is 14.5. The summed E-state index contributed by atoms with van der Waals surface area (Å²) in [6, 6.07) is 19.3. The molecule has 30 heavy (non-hydrogen) atoms. The average molecular weight is 465 g/mol. The number of hydrogen-bond acceptors (Lipinski definition) is 5. The van der Waals surface area contributed by atoms with Crippen molar-refractivity contribution in [2.24, 2.45) is 0 Å². The number of aromatic hydroxyl groups is 1. The normalized spacial score (nSPS) is 10.6. The summed E-state index contributed by atoms with van der Waals surface area (Å²) in [6.07, 6.45) is 1.61. The molecule has 6 nitrogen and oxygen atoms in total. The molecule has 0 radical (unpaired) electrons. The summed E-state index contributed by atoms with van der Waals surface area (Å²) in [5, 5.41) is 13.5. The van der Waals surface area contributed by atoms with Gasteiger partial charge in [0.1, 0.15) is 5.75 Å². The van der Waals surface area contributed by atoms with Crippen molar-refractivity contribution in [3.05, 3.63) is 83.0 Å². The highest BCUT2D eigenvalue weighted by molar-refractivity contribution is 9.10. The Hall–Kier alpha value is -3.58. The maximum Gasteiger partial charge on any atom is 0.255 e. The van der Waals surface area contributed by atoms with E-state index in [4.69, 9.17) is 9.47 Å². The van der Waals surface area contributed by atoms with Crippen LogP contribution in [0.1, 0.15) is 10.4 Å². The number of nitrogens with zero attached hydrogens (tertiary/aromatic N) is 1. The predicted molar refractivity (Wildman–Crippen MR) is 119 cm³/mol. The van der Waals surface area contributed by atoms with Gasteiger partial charge in [0.25, 0.3) is 5.91 Å². The Bertz CT molecular complexity index is 1210. The molecular formula is C23H17BrN2O4. The van der Waals surface area contributed by atoms with Gasteiger partial charge in [0.15, 0.2) is 17.2 Å². The molecule has 0 saturated heterocycles. The van der Waals surface area contributed by atoms with Crippen LogP contribution >= 0.6 is 15.9 Å². The number of pyridine rings is 1. The van der Waals surface area contributed by atoms with Crippen LogP contribution in [0.25, 0.3) is 10.9 Å². The lowest BCUT2D eigenvalue weighted by atomic mass is 10.2. The molecule has 0 aliphatic carbocycles. The van der Waals surface area contributed by atoms with Crippen LogP contribution in [0, 0.1) is 0 Å². The van der Waals surface area contributed by atoms with Crippen LogP contribution < -0.4 is 14.8 Å². The van der Waals surface area contributed by atoms with Gasteiger partial charge in [-0.05, 0) is 58.4 Å². The Labute approximate surface area is 181 Å². The second-order valence-electron chi connectivity index (χ2n) is 6.42. The lowest BCUT2D eigenvalue weighted by molar-refractivity contribution is 0.102. The molecule has 0 fully saturated rings. The first-order valence-electron chi connectivity index (χ1n) is 9.04. The minimum Gasteiger partial charge on any atom is -0.504 e. The van der Waals surface area contributed by atoms with E-state index in [1.54, 1.807) is 48.7 Å². The maximum absolute atomic E-state index is 12.3. The molecule has 1 aromatic heterocycles. The van der Waals surface area contributed by atoms with Crippen molar-refractivity contribution in [2.45, 2.75) is 0 Å². The number of nitrogens with one attached hydrogen (secondary N) is 1. The van der Waals surface area contributed by atoms with Crippen molar-refractivity contribution in [1.29, 1.82) is 0 Å². The number of anilines is 1. The lowest BCUT2D eigenvalue weighted by Crippen LogP contribution is -2.11. The van der Waals surface area contributed by atoms with Gasteiger partial charge in [0.05, 0.1) is 17.1 Å². The van der Waals surface area contributed by atoms with Crippen molar-refractivity contribution < 1.29 is 19.4 Å². The van der Waals surface area contributed by atoms with Gasteiger partial charge in [-0.3, -0.25) is 9.78 Å². The van der Waals surface area contributed by atoms with E-state index >= 15 is 0 Å². The van der Waals surface area contributed by atoms with Crippen LogP contribution in [-0.2, 0) is 0 Å². The van der Waals surface area contributed by atoms with Crippen molar-refractivity contribution in [1.82, 2.24) is 4.98 Å². The SMILES string of the molecule is COc1cc2c(Oc3ccc(NC(=O)c4ccccc4)cc3)c(Br)cnc2cc1O. The zero-order chi connectivity index (χ0) is 21.1. The number of methoxy groups -OCH3 is 1. The quantitative estimate of drug-likeness (QED) is 0.392. The Balaban J connectivity index is 1.58. The lowest BCUT2D eigenvalue weighted by Gasteiger charge is -2.13. The summed E-state index contributed by atoms with van der Waals surface area (Å²) in [7, 11) is 1.48. The molecule has 2 N–H and O–H groups in total. The highest BCUT2D eigenvalue weighted by Gasteiger charge is 2.14. The summed E-state index contributed by atoms with van der Waals surface area (Å²) < 4.78 is 11.9. The molecular weight excluding hydrogens is 448 g/mol. The molecule has 0 spiro atoms. The number of hydrogen-bond donors (Lipinski definition) is 2.